The molecule has 1 fully saturated rings. The number of hydrogen-bond acceptors (Lipinski definition) is 3. The molecule has 2 N–H and O–H groups in total. The smallest absolute Gasteiger partial charge is 0.227 e. The molecule has 0 radical (unpaired) electrons. The number of anilines is 1. The van der Waals surface area contributed by atoms with Gasteiger partial charge < -0.3 is 9.88 Å². The minimum absolute atomic E-state index is 0.187. The van der Waals surface area contributed by atoms with E-state index in [0.717, 1.165) is 16.6 Å². The molecule has 1 aliphatic heterocycles. The number of carbonyl (C=O) groups excluding carboxylic acids is 1. The molecular formula is C17H20BrFN4O. The average Bonchev–Trinajstić information content (AvgIpc) is 2.98. The minimum atomic E-state index is -0.966. The van der Waals surface area contributed by atoms with Crippen LogP contribution in [0.4, 0.5) is 10.3 Å². The zero-order valence-corrected chi connectivity index (χ0v) is 14.8. The van der Waals surface area contributed by atoms with Crippen LogP contribution in [0.3, 0.4) is 0 Å². The Morgan fingerprint density at radius 1 is 1.42 bits per heavy atom. The second-order valence-electron chi connectivity index (χ2n) is 6.03. The Hall–Kier alpha value is -1.73. The maximum absolute atomic E-state index is 13.8. The number of alkyl halides is 1. The summed E-state index contributed by atoms with van der Waals surface area (Å²) in [5.41, 5.74) is 1.11. The predicted octanol–water partition coefficient (Wildman–Crippen LogP) is 2.97. The average molecular weight is 395 g/mol. The van der Waals surface area contributed by atoms with Gasteiger partial charge in [-0.25, -0.2) is 9.37 Å². The third-order valence-corrected chi connectivity index (χ3v) is 4.75. The van der Waals surface area contributed by atoms with Gasteiger partial charge in [-0.1, -0.05) is 28.1 Å². The highest BCUT2D eigenvalue weighted by atomic mass is 79.9. The summed E-state index contributed by atoms with van der Waals surface area (Å²) in [5, 5.41) is 5.80. The lowest BCUT2D eigenvalue weighted by Gasteiger charge is -2.26. The number of amides is 1. The van der Waals surface area contributed by atoms with E-state index in [2.05, 4.69) is 31.5 Å². The quantitative estimate of drug-likeness (QED) is 0.819. The third kappa shape index (κ3) is 4.42. The van der Waals surface area contributed by atoms with Gasteiger partial charge in [-0.3, -0.25) is 10.1 Å². The molecular weight excluding hydrogens is 375 g/mol. The number of piperidine rings is 1. The largest absolute Gasteiger partial charge is 0.314 e. The van der Waals surface area contributed by atoms with Crippen LogP contribution in [0.5, 0.6) is 0 Å². The fourth-order valence-corrected chi connectivity index (χ4v) is 3.13. The first kappa shape index (κ1) is 17.1. The Morgan fingerprint density at radius 2 is 2.21 bits per heavy atom. The van der Waals surface area contributed by atoms with Crippen molar-refractivity contribution in [3.05, 3.63) is 46.7 Å². The summed E-state index contributed by atoms with van der Waals surface area (Å²) in [6.07, 6.45) is 3.37. The van der Waals surface area contributed by atoms with Gasteiger partial charge in [0.05, 0.1) is 6.54 Å². The number of carbonyl (C=O) groups is 1. The Kier molecular flexibility index (Phi) is 5.63. The van der Waals surface area contributed by atoms with Gasteiger partial charge in [0, 0.05) is 35.7 Å². The maximum atomic E-state index is 13.8. The molecule has 1 aromatic heterocycles. The predicted molar refractivity (Wildman–Crippen MR) is 94.6 cm³/mol. The second-order valence-corrected chi connectivity index (χ2v) is 6.94. The Morgan fingerprint density at radius 3 is 2.96 bits per heavy atom. The molecule has 2 heterocycles. The van der Waals surface area contributed by atoms with Gasteiger partial charge in [-0.15, -0.1) is 0 Å². The van der Waals surface area contributed by atoms with Crippen LogP contribution in [0.2, 0.25) is 0 Å². The van der Waals surface area contributed by atoms with E-state index >= 15 is 0 Å². The van der Waals surface area contributed by atoms with Crippen molar-refractivity contribution in [2.24, 2.45) is 5.92 Å². The number of benzene rings is 1. The van der Waals surface area contributed by atoms with Crippen molar-refractivity contribution < 1.29 is 9.18 Å². The van der Waals surface area contributed by atoms with Gasteiger partial charge in [-0.2, -0.15) is 0 Å². The summed E-state index contributed by atoms with van der Waals surface area (Å²) < 4.78 is 16.7. The summed E-state index contributed by atoms with van der Waals surface area (Å²) in [7, 11) is 0. The minimum Gasteiger partial charge on any atom is -0.314 e. The normalized spacial score (nSPS) is 20.8. The lowest BCUT2D eigenvalue weighted by Crippen LogP contribution is -2.39. The van der Waals surface area contributed by atoms with Gasteiger partial charge >= 0.3 is 0 Å². The molecule has 2 atom stereocenters. The summed E-state index contributed by atoms with van der Waals surface area (Å²) in [4.78, 5) is 16.4. The van der Waals surface area contributed by atoms with Crippen LogP contribution in [0.15, 0.2) is 41.1 Å². The van der Waals surface area contributed by atoms with Crippen molar-refractivity contribution in [3.63, 3.8) is 0 Å². The SMILES string of the molecule is O=C(CC1CCNCC1F)Nc1nccn1Cc1ccc(Br)cc1. The van der Waals surface area contributed by atoms with Crippen LogP contribution in [0.25, 0.3) is 0 Å². The number of imidazole rings is 1. The number of nitrogens with zero attached hydrogens (tertiary/aromatic N) is 2. The summed E-state index contributed by atoms with van der Waals surface area (Å²) in [6, 6.07) is 7.98. The Labute approximate surface area is 148 Å². The van der Waals surface area contributed by atoms with E-state index in [-0.39, 0.29) is 18.2 Å². The van der Waals surface area contributed by atoms with E-state index in [1.54, 1.807) is 6.20 Å². The molecule has 1 aromatic carbocycles. The lowest BCUT2D eigenvalue weighted by molar-refractivity contribution is -0.117. The van der Waals surface area contributed by atoms with Gasteiger partial charge in [0.1, 0.15) is 6.17 Å². The van der Waals surface area contributed by atoms with Gasteiger partial charge in [0.15, 0.2) is 0 Å². The Balaban J connectivity index is 1.60. The molecule has 7 heteroatoms. The molecule has 1 saturated heterocycles. The first-order valence-corrected chi connectivity index (χ1v) is 8.81. The van der Waals surface area contributed by atoms with Crippen molar-refractivity contribution in [1.82, 2.24) is 14.9 Å². The fourth-order valence-electron chi connectivity index (χ4n) is 2.87. The van der Waals surface area contributed by atoms with Crippen molar-refractivity contribution in [1.29, 1.82) is 0 Å². The maximum Gasteiger partial charge on any atom is 0.227 e. The Bertz CT molecular complexity index is 688. The third-order valence-electron chi connectivity index (χ3n) is 4.22. The van der Waals surface area contributed by atoms with E-state index in [1.807, 2.05) is 35.0 Å². The molecule has 0 bridgehead atoms. The molecule has 1 aliphatic rings. The molecule has 1 amide bonds. The van der Waals surface area contributed by atoms with Crippen molar-refractivity contribution in [3.8, 4) is 0 Å². The highest BCUT2D eigenvalue weighted by Gasteiger charge is 2.27. The number of hydrogen-bond donors (Lipinski definition) is 2. The van der Waals surface area contributed by atoms with Gasteiger partial charge in [0.25, 0.3) is 0 Å². The van der Waals surface area contributed by atoms with Crippen LogP contribution in [-0.4, -0.2) is 34.7 Å². The lowest BCUT2D eigenvalue weighted by atomic mass is 9.92. The molecule has 0 spiro atoms. The van der Waals surface area contributed by atoms with Gasteiger partial charge in [0.2, 0.25) is 11.9 Å². The monoisotopic (exact) mass is 394 g/mol. The van der Waals surface area contributed by atoms with E-state index < -0.39 is 6.17 Å². The van der Waals surface area contributed by atoms with E-state index in [1.165, 1.54) is 0 Å². The van der Waals surface area contributed by atoms with Crippen LogP contribution < -0.4 is 10.6 Å². The topological polar surface area (TPSA) is 59.0 Å². The first-order chi connectivity index (χ1) is 11.6. The molecule has 2 unspecified atom stereocenters. The van der Waals surface area contributed by atoms with Crippen molar-refractivity contribution in [2.75, 3.05) is 18.4 Å². The van der Waals surface area contributed by atoms with Crippen LogP contribution in [0.1, 0.15) is 18.4 Å². The highest BCUT2D eigenvalue weighted by molar-refractivity contribution is 9.10. The molecule has 0 saturated carbocycles. The number of nitrogens with one attached hydrogen (secondary N) is 2. The van der Waals surface area contributed by atoms with Crippen LogP contribution in [-0.2, 0) is 11.3 Å². The first-order valence-electron chi connectivity index (χ1n) is 8.02. The standard InChI is InChI=1S/C17H20BrFN4O/c18-14-3-1-12(2-4-14)11-23-8-7-21-17(23)22-16(24)9-13-5-6-20-10-15(13)19/h1-4,7-8,13,15,20H,5-6,9-11H2,(H,21,22,24). The molecule has 0 aliphatic carbocycles. The second kappa shape index (κ2) is 7.90. The zero-order chi connectivity index (χ0) is 16.9. The number of halogens is 2. The van der Waals surface area contributed by atoms with E-state index in [4.69, 9.17) is 0 Å². The molecule has 3 rings (SSSR count). The zero-order valence-electron chi connectivity index (χ0n) is 13.2. The van der Waals surface area contributed by atoms with Crippen LogP contribution >= 0.6 is 15.9 Å². The van der Waals surface area contributed by atoms with Crippen LogP contribution in [0, 0.1) is 5.92 Å². The van der Waals surface area contributed by atoms with Crippen molar-refractivity contribution >= 4 is 27.8 Å². The molecule has 24 heavy (non-hydrogen) atoms. The van der Waals surface area contributed by atoms with E-state index in [9.17, 15) is 9.18 Å². The number of aromatic nitrogens is 2. The van der Waals surface area contributed by atoms with E-state index in [0.29, 0.717) is 25.5 Å². The number of rotatable bonds is 5. The molecule has 2 aromatic rings. The fraction of sp³-hybridized carbons (Fsp3) is 0.412. The summed E-state index contributed by atoms with van der Waals surface area (Å²) >= 11 is 3.41. The summed E-state index contributed by atoms with van der Waals surface area (Å²) in [6.45, 7) is 1.70. The van der Waals surface area contributed by atoms with Gasteiger partial charge in [-0.05, 0) is 30.7 Å². The highest BCUT2D eigenvalue weighted by Crippen LogP contribution is 2.20. The molecule has 128 valence electrons. The summed E-state index contributed by atoms with van der Waals surface area (Å²) in [5.74, 6) is 0.0844. The van der Waals surface area contributed by atoms with Crippen molar-refractivity contribution in [2.45, 2.75) is 25.6 Å². The molecule has 5 nitrogen and oxygen atoms in total.